The number of aryl methyl sites for hydroxylation is 1. The number of allylic oxidation sites excluding steroid dienone is 1. The van der Waals surface area contributed by atoms with E-state index >= 15 is 0 Å². The van der Waals surface area contributed by atoms with Crippen LogP contribution in [0.15, 0.2) is 30.9 Å². The highest BCUT2D eigenvalue weighted by Crippen LogP contribution is 2.61. The van der Waals surface area contributed by atoms with E-state index in [2.05, 4.69) is 31.7 Å². The summed E-state index contributed by atoms with van der Waals surface area (Å²) in [5.74, 6) is 3.38. The molecular weight excluding hydrogens is 284 g/mol. The van der Waals surface area contributed by atoms with E-state index < -0.39 is 0 Å². The van der Waals surface area contributed by atoms with Crippen LogP contribution < -0.4 is 4.74 Å². The van der Waals surface area contributed by atoms with Gasteiger partial charge in [0.1, 0.15) is 11.5 Å². The summed E-state index contributed by atoms with van der Waals surface area (Å²) in [5.41, 5.74) is 2.63. The molecule has 3 aliphatic carbocycles. The molecule has 0 bridgehead atoms. The molecule has 2 saturated carbocycles. The molecule has 0 spiro atoms. The maximum absolute atomic E-state index is 13.1. The molecule has 2 nitrogen and oxygen atoms in total. The van der Waals surface area contributed by atoms with E-state index in [0.29, 0.717) is 35.9 Å². The highest BCUT2D eigenvalue weighted by molar-refractivity contribution is 5.88. The molecule has 0 unspecified atom stereocenters. The van der Waals surface area contributed by atoms with Gasteiger partial charge >= 0.3 is 0 Å². The predicted octanol–water partition coefficient (Wildman–Crippen LogP) is 4.53. The van der Waals surface area contributed by atoms with Crippen molar-refractivity contribution in [3.63, 3.8) is 0 Å². The van der Waals surface area contributed by atoms with Crippen LogP contribution >= 0.6 is 0 Å². The lowest BCUT2D eigenvalue weighted by Gasteiger charge is -2.49. The Balaban J connectivity index is 1.73. The second kappa shape index (κ2) is 5.22. The van der Waals surface area contributed by atoms with Crippen molar-refractivity contribution in [2.75, 3.05) is 7.11 Å². The number of benzene rings is 1. The van der Waals surface area contributed by atoms with Gasteiger partial charge in [-0.2, -0.15) is 0 Å². The van der Waals surface area contributed by atoms with Crippen molar-refractivity contribution in [3.05, 3.63) is 42.0 Å². The van der Waals surface area contributed by atoms with Gasteiger partial charge in [0, 0.05) is 11.8 Å². The number of carbonyl (C=O) groups is 1. The molecule has 1 aromatic carbocycles. The second-order valence-electron chi connectivity index (χ2n) is 7.81. The number of ketones is 1. The third kappa shape index (κ3) is 1.96. The topological polar surface area (TPSA) is 26.3 Å². The van der Waals surface area contributed by atoms with Gasteiger partial charge in [0.15, 0.2) is 0 Å². The van der Waals surface area contributed by atoms with Crippen LogP contribution in [0, 0.1) is 23.2 Å². The van der Waals surface area contributed by atoms with Crippen LogP contribution in [-0.2, 0) is 11.2 Å². The normalized spacial score (nSPS) is 38.4. The molecule has 3 aliphatic rings. The summed E-state index contributed by atoms with van der Waals surface area (Å²) in [6.45, 7) is 6.23. The fourth-order valence-corrected chi connectivity index (χ4v) is 5.87. The van der Waals surface area contributed by atoms with Crippen molar-refractivity contribution in [1.29, 1.82) is 0 Å². The van der Waals surface area contributed by atoms with Gasteiger partial charge in [-0.25, -0.2) is 0 Å². The molecule has 0 radical (unpaired) electrons. The van der Waals surface area contributed by atoms with E-state index in [4.69, 9.17) is 4.74 Å². The largest absolute Gasteiger partial charge is 0.497 e. The number of Topliss-reactive ketones (excluding diaryl/α,β-unsaturated/α-hetero) is 1. The van der Waals surface area contributed by atoms with Crippen molar-refractivity contribution in [2.45, 2.75) is 44.9 Å². The van der Waals surface area contributed by atoms with Crippen LogP contribution in [0.25, 0.3) is 0 Å². The summed E-state index contributed by atoms with van der Waals surface area (Å²) < 4.78 is 5.37. The molecule has 122 valence electrons. The van der Waals surface area contributed by atoms with E-state index in [1.54, 1.807) is 7.11 Å². The number of rotatable bonds is 2. The van der Waals surface area contributed by atoms with Gasteiger partial charge in [-0.05, 0) is 72.6 Å². The van der Waals surface area contributed by atoms with Crippen LogP contribution in [0.1, 0.15) is 49.7 Å². The first-order chi connectivity index (χ1) is 11.1. The second-order valence-corrected chi connectivity index (χ2v) is 7.81. The van der Waals surface area contributed by atoms with Crippen LogP contribution in [0.3, 0.4) is 0 Å². The molecule has 1 aromatic rings. The number of ether oxygens (including phenoxy) is 1. The fraction of sp³-hybridized carbons (Fsp3) is 0.571. The molecule has 0 amide bonds. The van der Waals surface area contributed by atoms with Gasteiger partial charge in [-0.3, -0.25) is 4.79 Å². The van der Waals surface area contributed by atoms with E-state index in [-0.39, 0.29) is 5.41 Å². The van der Waals surface area contributed by atoms with Crippen molar-refractivity contribution in [1.82, 2.24) is 0 Å². The molecule has 0 aromatic heterocycles. The number of hydrogen-bond acceptors (Lipinski definition) is 2. The van der Waals surface area contributed by atoms with Gasteiger partial charge in [0.25, 0.3) is 0 Å². The fourth-order valence-electron chi connectivity index (χ4n) is 5.87. The maximum atomic E-state index is 13.1. The summed E-state index contributed by atoms with van der Waals surface area (Å²) >= 11 is 0. The Morgan fingerprint density at radius 2 is 2.13 bits per heavy atom. The Morgan fingerprint density at radius 1 is 1.30 bits per heavy atom. The zero-order chi connectivity index (χ0) is 16.2. The molecule has 23 heavy (non-hydrogen) atoms. The van der Waals surface area contributed by atoms with Crippen LogP contribution in [-0.4, -0.2) is 12.9 Å². The number of carbonyl (C=O) groups excluding carboxylic acids is 1. The summed E-state index contributed by atoms with van der Waals surface area (Å²) in [6, 6.07) is 6.44. The quantitative estimate of drug-likeness (QED) is 0.750. The standard InChI is InChI=1S/C21H26O2/c1-4-14-6-10-19-17-8-5-13-11-15(23-3)7-9-16(13)18(17)12-20(22)21(14,19)2/h4,7,9,11,14,17-19H,1,5-6,8,10,12H2,2-3H3/t14-,17+,18+,19-,21+/m0/s1. The third-order valence-electron chi connectivity index (χ3n) is 7.15. The smallest absolute Gasteiger partial charge is 0.140 e. The summed E-state index contributed by atoms with van der Waals surface area (Å²) in [6.07, 6.45) is 7.40. The minimum Gasteiger partial charge on any atom is -0.497 e. The van der Waals surface area contributed by atoms with Gasteiger partial charge in [-0.15, -0.1) is 6.58 Å². The van der Waals surface area contributed by atoms with Gasteiger partial charge in [-0.1, -0.05) is 19.1 Å². The molecule has 0 aliphatic heterocycles. The highest BCUT2D eigenvalue weighted by atomic mass is 16.5. The van der Waals surface area contributed by atoms with Gasteiger partial charge < -0.3 is 4.74 Å². The Bertz CT molecular complexity index is 662. The monoisotopic (exact) mass is 310 g/mol. The third-order valence-corrected chi connectivity index (χ3v) is 7.15. The predicted molar refractivity (Wildman–Crippen MR) is 91.7 cm³/mol. The highest BCUT2D eigenvalue weighted by Gasteiger charge is 2.58. The number of fused-ring (bicyclic) bond motifs is 5. The summed E-state index contributed by atoms with van der Waals surface area (Å²) in [5, 5.41) is 0. The first-order valence-corrected chi connectivity index (χ1v) is 8.92. The maximum Gasteiger partial charge on any atom is 0.140 e. The van der Waals surface area contributed by atoms with Crippen molar-refractivity contribution >= 4 is 5.78 Å². The number of methoxy groups -OCH3 is 1. The van der Waals surface area contributed by atoms with E-state index in [9.17, 15) is 4.79 Å². The lowest BCUT2D eigenvalue weighted by atomic mass is 9.53. The molecule has 4 rings (SSSR count). The van der Waals surface area contributed by atoms with Gasteiger partial charge in [0.05, 0.1) is 7.11 Å². The average Bonchev–Trinajstić information content (AvgIpc) is 2.92. The molecule has 0 N–H and O–H groups in total. The van der Waals surface area contributed by atoms with E-state index in [1.807, 2.05) is 6.08 Å². The average molecular weight is 310 g/mol. The van der Waals surface area contributed by atoms with Crippen LogP contribution in [0.4, 0.5) is 0 Å². The lowest BCUT2D eigenvalue weighted by Crippen LogP contribution is -2.48. The molecular formula is C21H26O2. The van der Waals surface area contributed by atoms with Crippen molar-refractivity contribution < 1.29 is 9.53 Å². The minimum atomic E-state index is -0.160. The first-order valence-electron chi connectivity index (χ1n) is 8.92. The first kappa shape index (κ1) is 15.0. The lowest BCUT2D eigenvalue weighted by molar-refractivity contribution is -0.138. The summed E-state index contributed by atoms with van der Waals surface area (Å²) in [4.78, 5) is 13.1. The Kier molecular flexibility index (Phi) is 3.40. The Morgan fingerprint density at radius 3 is 2.87 bits per heavy atom. The molecule has 0 saturated heterocycles. The Hall–Kier alpha value is -1.57. The van der Waals surface area contributed by atoms with Crippen LogP contribution in [0.5, 0.6) is 5.75 Å². The van der Waals surface area contributed by atoms with Crippen molar-refractivity contribution in [3.8, 4) is 5.75 Å². The van der Waals surface area contributed by atoms with Crippen LogP contribution in [0.2, 0.25) is 0 Å². The molecule has 5 atom stereocenters. The Labute approximate surface area is 138 Å². The summed E-state index contributed by atoms with van der Waals surface area (Å²) in [7, 11) is 1.72. The molecule has 2 fully saturated rings. The minimum absolute atomic E-state index is 0.160. The van der Waals surface area contributed by atoms with Gasteiger partial charge in [0.2, 0.25) is 0 Å². The zero-order valence-electron chi connectivity index (χ0n) is 14.2. The number of hydrogen-bond donors (Lipinski definition) is 0. The zero-order valence-corrected chi connectivity index (χ0v) is 14.2. The molecule has 0 heterocycles. The van der Waals surface area contributed by atoms with E-state index in [1.165, 1.54) is 24.0 Å². The van der Waals surface area contributed by atoms with Crippen molar-refractivity contribution in [2.24, 2.45) is 23.2 Å². The molecule has 2 heteroatoms. The SMILES string of the molecule is C=C[C@H]1CC[C@H]2[C@@H]3CCc4cc(OC)ccc4[C@H]3CC(=O)[C@]12C. The van der Waals surface area contributed by atoms with E-state index in [0.717, 1.165) is 18.6 Å².